The van der Waals surface area contributed by atoms with Crippen molar-refractivity contribution in [3.63, 3.8) is 0 Å². The first-order valence-corrected chi connectivity index (χ1v) is 9.88. The largest absolute Gasteiger partial charge is 0.356 e. The smallest absolute Gasteiger partial charge is 0.324 e. The van der Waals surface area contributed by atoms with Gasteiger partial charge in [-0.2, -0.15) is 0 Å². The van der Waals surface area contributed by atoms with Gasteiger partial charge in [0, 0.05) is 24.2 Å². The van der Waals surface area contributed by atoms with Gasteiger partial charge in [-0.25, -0.2) is 4.79 Å². The SMILES string of the molecule is CCNC(=NCCN1C(=O)CNC1=O)N1CC2(CCCC2)c2ccccc21.I. The number of anilines is 1. The van der Waals surface area contributed by atoms with Crippen LogP contribution >= 0.6 is 24.0 Å². The summed E-state index contributed by atoms with van der Waals surface area (Å²) in [7, 11) is 0. The molecule has 1 spiro atoms. The molecule has 2 N–H and O–H groups in total. The van der Waals surface area contributed by atoms with Gasteiger partial charge in [-0.1, -0.05) is 31.0 Å². The summed E-state index contributed by atoms with van der Waals surface area (Å²) in [6.07, 6.45) is 5.01. The number of carbonyl (C=O) groups excluding carboxylic acids is 2. The summed E-state index contributed by atoms with van der Waals surface area (Å²) in [4.78, 5) is 31.7. The van der Waals surface area contributed by atoms with Crippen molar-refractivity contribution in [3.8, 4) is 0 Å². The maximum Gasteiger partial charge on any atom is 0.324 e. The summed E-state index contributed by atoms with van der Waals surface area (Å²) in [6, 6.07) is 8.32. The number of guanidine groups is 1. The van der Waals surface area contributed by atoms with Crippen molar-refractivity contribution >= 4 is 47.6 Å². The lowest BCUT2D eigenvalue weighted by atomic mass is 9.81. The molecule has 152 valence electrons. The van der Waals surface area contributed by atoms with Gasteiger partial charge in [-0.3, -0.25) is 14.7 Å². The number of carbonyl (C=O) groups is 2. The normalized spacial score (nSPS) is 20.4. The van der Waals surface area contributed by atoms with Crippen molar-refractivity contribution in [1.82, 2.24) is 15.5 Å². The van der Waals surface area contributed by atoms with Gasteiger partial charge in [0.25, 0.3) is 0 Å². The molecular formula is C20H28IN5O2. The molecule has 0 bridgehead atoms. The number of urea groups is 1. The van der Waals surface area contributed by atoms with E-state index in [0.29, 0.717) is 13.1 Å². The van der Waals surface area contributed by atoms with Gasteiger partial charge in [-0.05, 0) is 31.4 Å². The van der Waals surface area contributed by atoms with E-state index in [-0.39, 0.29) is 47.9 Å². The molecule has 0 unspecified atom stereocenters. The predicted octanol–water partition coefficient (Wildman–Crippen LogP) is 2.45. The van der Waals surface area contributed by atoms with Gasteiger partial charge in [0.1, 0.15) is 0 Å². The Morgan fingerprint density at radius 1 is 1.25 bits per heavy atom. The average molecular weight is 497 g/mol. The van der Waals surface area contributed by atoms with E-state index in [2.05, 4.69) is 46.7 Å². The molecule has 3 aliphatic rings. The van der Waals surface area contributed by atoms with E-state index >= 15 is 0 Å². The number of imide groups is 1. The minimum atomic E-state index is -0.323. The molecule has 1 aliphatic carbocycles. The van der Waals surface area contributed by atoms with Gasteiger partial charge in [0.2, 0.25) is 5.91 Å². The highest BCUT2D eigenvalue weighted by atomic mass is 127. The lowest BCUT2D eigenvalue weighted by Gasteiger charge is -2.27. The fourth-order valence-corrected chi connectivity index (χ4v) is 4.63. The molecule has 2 fully saturated rings. The molecule has 1 saturated carbocycles. The van der Waals surface area contributed by atoms with Crippen LogP contribution in [0.25, 0.3) is 0 Å². The number of fused-ring (bicyclic) bond motifs is 2. The van der Waals surface area contributed by atoms with E-state index in [9.17, 15) is 9.59 Å². The number of hydrogen-bond acceptors (Lipinski definition) is 3. The van der Waals surface area contributed by atoms with Crippen LogP contribution in [0, 0.1) is 0 Å². The lowest BCUT2D eigenvalue weighted by Crippen LogP contribution is -2.44. The molecule has 28 heavy (non-hydrogen) atoms. The van der Waals surface area contributed by atoms with E-state index in [1.54, 1.807) is 0 Å². The molecule has 0 radical (unpaired) electrons. The van der Waals surface area contributed by atoms with Crippen LogP contribution in [-0.2, 0) is 10.2 Å². The van der Waals surface area contributed by atoms with E-state index < -0.39 is 0 Å². The lowest BCUT2D eigenvalue weighted by molar-refractivity contribution is -0.124. The molecule has 1 aromatic carbocycles. The number of amides is 3. The van der Waals surface area contributed by atoms with Gasteiger partial charge in [-0.15, -0.1) is 24.0 Å². The molecule has 7 nitrogen and oxygen atoms in total. The second kappa shape index (κ2) is 8.67. The number of para-hydroxylation sites is 1. The maximum atomic E-state index is 11.7. The number of nitrogens with one attached hydrogen (secondary N) is 2. The summed E-state index contributed by atoms with van der Waals surface area (Å²) in [5.74, 6) is 0.650. The van der Waals surface area contributed by atoms with Crippen LogP contribution in [0.4, 0.5) is 10.5 Å². The predicted molar refractivity (Wildman–Crippen MR) is 120 cm³/mol. The molecule has 1 saturated heterocycles. The quantitative estimate of drug-likeness (QED) is 0.290. The van der Waals surface area contributed by atoms with E-state index in [1.165, 1.54) is 41.8 Å². The minimum Gasteiger partial charge on any atom is -0.356 e. The van der Waals surface area contributed by atoms with Crippen molar-refractivity contribution in [3.05, 3.63) is 29.8 Å². The van der Waals surface area contributed by atoms with Gasteiger partial charge in [0.05, 0.1) is 19.6 Å². The van der Waals surface area contributed by atoms with Gasteiger partial charge in [0.15, 0.2) is 5.96 Å². The highest BCUT2D eigenvalue weighted by Gasteiger charge is 2.45. The van der Waals surface area contributed by atoms with E-state index in [0.717, 1.165) is 19.0 Å². The number of benzene rings is 1. The van der Waals surface area contributed by atoms with Crippen LogP contribution in [0.3, 0.4) is 0 Å². The number of rotatable bonds is 4. The van der Waals surface area contributed by atoms with Crippen LogP contribution < -0.4 is 15.5 Å². The average Bonchev–Trinajstić information content (AvgIpc) is 3.36. The summed E-state index contributed by atoms with van der Waals surface area (Å²) in [5, 5.41) is 5.94. The fraction of sp³-hybridized carbons (Fsp3) is 0.550. The molecular weight excluding hydrogens is 469 g/mol. The standard InChI is InChI=1S/C20H27N5O2.HI/c1-2-21-18(22-11-12-24-17(26)13-23-19(24)27)25-14-20(9-5-6-10-20)15-7-3-4-8-16(15)25;/h3-4,7-8H,2,5-6,9-14H2,1H3,(H,21,22)(H,23,27);1H. The Labute approximate surface area is 183 Å². The Morgan fingerprint density at radius 2 is 2.00 bits per heavy atom. The number of nitrogens with zero attached hydrogens (tertiary/aromatic N) is 3. The van der Waals surface area contributed by atoms with E-state index in [4.69, 9.17) is 4.99 Å². The molecule has 2 heterocycles. The van der Waals surface area contributed by atoms with Crippen LogP contribution in [0.15, 0.2) is 29.3 Å². The Hall–Kier alpha value is -1.84. The van der Waals surface area contributed by atoms with Crippen LogP contribution in [0.1, 0.15) is 38.2 Å². The second-order valence-corrected chi connectivity index (χ2v) is 7.53. The third-order valence-corrected chi connectivity index (χ3v) is 5.90. The summed E-state index contributed by atoms with van der Waals surface area (Å²) in [6.45, 7) is 4.56. The molecule has 1 aromatic rings. The minimum absolute atomic E-state index is 0. The Bertz CT molecular complexity index is 760. The summed E-state index contributed by atoms with van der Waals surface area (Å²) >= 11 is 0. The topological polar surface area (TPSA) is 77.0 Å². The highest BCUT2D eigenvalue weighted by Crippen LogP contribution is 2.50. The first-order valence-electron chi connectivity index (χ1n) is 9.88. The van der Waals surface area contributed by atoms with Crippen molar-refractivity contribution in [2.45, 2.75) is 38.0 Å². The summed E-state index contributed by atoms with van der Waals surface area (Å²) < 4.78 is 0. The first kappa shape index (κ1) is 20.9. The van der Waals surface area contributed by atoms with Crippen LogP contribution in [0.2, 0.25) is 0 Å². The first-order chi connectivity index (χ1) is 13.1. The van der Waals surface area contributed by atoms with Crippen molar-refractivity contribution < 1.29 is 9.59 Å². The van der Waals surface area contributed by atoms with Gasteiger partial charge < -0.3 is 15.5 Å². The Balaban J connectivity index is 0.00000225. The third kappa shape index (κ3) is 3.70. The molecule has 3 amide bonds. The number of halogens is 1. The van der Waals surface area contributed by atoms with Gasteiger partial charge >= 0.3 is 6.03 Å². The summed E-state index contributed by atoms with van der Waals surface area (Å²) in [5.41, 5.74) is 2.90. The fourth-order valence-electron chi connectivity index (χ4n) is 4.63. The molecule has 4 rings (SSSR count). The maximum absolute atomic E-state index is 11.7. The number of aliphatic imine (C=N–C) groups is 1. The third-order valence-electron chi connectivity index (χ3n) is 5.90. The Morgan fingerprint density at radius 3 is 2.68 bits per heavy atom. The molecule has 8 heteroatoms. The highest BCUT2D eigenvalue weighted by molar-refractivity contribution is 14.0. The molecule has 0 atom stereocenters. The molecule has 0 aromatic heterocycles. The van der Waals surface area contributed by atoms with Crippen molar-refractivity contribution in [2.24, 2.45) is 4.99 Å². The van der Waals surface area contributed by atoms with Crippen LogP contribution in [-0.4, -0.2) is 55.5 Å². The zero-order valence-corrected chi connectivity index (χ0v) is 18.6. The van der Waals surface area contributed by atoms with Crippen molar-refractivity contribution in [1.29, 1.82) is 0 Å². The Kier molecular flexibility index (Phi) is 6.47. The second-order valence-electron chi connectivity index (χ2n) is 7.53. The number of hydrogen-bond donors (Lipinski definition) is 2. The monoisotopic (exact) mass is 497 g/mol. The van der Waals surface area contributed by atoms with E-state index in [1.807, 2.05) is 0 Å². The van der Waals surface area contributed by atoms with Crippen LogP contribution in [0.5, 0.6) is 0 Å². The zero-order valence-electron chi connectivity index (χ0n) is 16.2. The molecule has 2 aliphatic heterocycles. The van der Waals surface area contributed by atoms with Crippen molar-refractivity contribution in [2.75, 3.05) is 37.6 Å². The zero-order chi connectivity index (χ0) is 18.9.